The minimum absolute atomic E-state index is 0.0853. The van der Waals surface area contributed by atoms with E-state index in [2.05, 4.69) is 15.9 Å². The lowest BCUT2D eigenvalue weighted by Gasteiger charge is -2.36. The number of nitrogens with zero attached hydrogens (tertiary/aromatic N) is 2. The molecule has 1 aliphatic rings. The Kier molecular flexibility index (Phi) is 5.55. The van der Waals surface area contributed by atoms with Crippen molar-refractivity contribution in [3.8, 4) is 17.2 Å². The second-order valence-corrected chi connectivity index (χ2v) is 7.58. The molecule has 0 atom stereocenters. The van der Waals surface area contributed by atoms with Crippen LogP contribution in [0.25, 0.3) is 11.0 Å². The van der Waals surface area contributed by atoms with Gasteiger partial charge in [0.05, 0.1) is 18.2 Å². The summed E-state index contributed by atoms with van der Waals surface area (Å²) in [5.74, 6) is 0.655. The number of hydrogen-bond donors (Lipinski definition) is 2. The lowest BCUT2D eigenvalue weighted by Crippen LogP contribution is -2.47. The van der Waals surface area contributed by atoms with Gasteiger partial charge in [0.1, 0.15) is 22.8 Å². The largest absolute Gasteiger partial charge is 0.508 e. The Labute approximate surface area is 174 Å². The molecule has 1 aliphatic heterocycles. The number of piperazine rings is 1. The van der Waals surface area contributed by atoms with E-state index in [4.69, 9.17) is 9.15 Å². The van der Waals surface area contributed by atoms with E-state index in [0.29, 0.717) is 22.9 Å². The fraction of sp³-hybridized carbons (Fsp3) is 0.348. The summed E-state index contributed by atoms with van der Waals surface area (Å²) in [5, 5.41) is 20.3. The second kappa shape index (κ2) is 8.28. The Morgan fingerprint density at radius 3 is 2.57 bits per heavy atom. The molecular formula is C23H26N2O5. The molecule has 2 N–H and O–H groups in total. The zero-order valence-corrected chi connectivity index (χ0v) is 17.2. The van der Waals surface area contributed by atoms with Crippen molar-refractivity contribution in [1.82, 2.24) is 4.90 Å². The third kappa shape index (κ3) is 3.80. The molecule has 1 aromatic heterocycles. The minimum Gasteiger partial charge on any atom is -0.508 e. The highest BCUT2D eigenvalue weighted by Gasteiger charge is 2.21. The number of rotatable bonds is 5. The van der Waals surface area contributed by atoms with Crippen molar-refractivity contribution in [2.45, 2.75) is 13.3 Å². The normalized spacial score (nSPS) is 14.9. The molecular weight excluding hydrogens is 384 g/mol. The molecule has 0 bridgehead atoms. The Bertz CT molecular complexity index is 1120. The van der Waals surface area contributed by atoms with E-state index in [1.165, 1.54) is 12.1 Å². The molecule has 7 heteroatoms. The monoisotopic (exact) mass is 410 g/mol. The molecule has 3 aromatic rings. The maximum absolute atomic E-state index is 12.5. The van der Waals surface area contributed by atoms with Gasteiger partial charge in [-0.25, -0.2) is 4.79 Å². The van der Waals surface area contributed by atoms with Crippen molar-refractivity contribution in [3.63, 3.8) is 0 Å². The molecule has 1 fully saturated rings. The molecule has 0 unspecified atom stereocenters. The molecule has 0 radical (unpaired) electrons. The number of aromatic hydroxyl groups is 2. The number of phenols is 2. The van der Waals surface area contributed by atoms with E-state index in [1.807, 2.05) is 25.1 Å². The van der Waals surface area contributed by atoms with Gasteiger partial charge in [-0.1, -0.05) is 12.1 Å². The van der Waals surface area contributed by atoms with E-state index in [0.717, 1.165) is 44.2 Å². The summed E-state index contributed by atoms with van der Waals surface area (Å²) in [6.45, 7) is 6.07. The number of phenolic OH excluding ortho intramolecular Hbond substituents is 2. The molecule has 4 rings (SSSR count). The van der Waals surface area contributed by atoms with Crippen molar-refractivity contribution in [3.05, 3.63) is 57.9 Å². The van der Waals surface area contributed by atoms with Crippen LogP contribution in [0, 0.1) is 6.92 Å². The molecule has 0 saturated carbocycles. The van der Waals surface area contributed by atoms with Gasteiger partial charge in [-0.05, 0) is 31.0 Å². The summed E-state index contributed by atoms with van der Waals surface area (Å²) in [7, 11) is 1.69. The number of anilines is 1. The third-order valence-corrected chi connectivity index (χ3v) is 5.82. The minimum atomic E-state index is -0.419. The van der Waals surface area contributed by atoms with Gasteiger partial charge in [-0.2, -0.15) is 0 Å². The van der Waals surface area contributed by atoms with Crippen LogP contribution in [0.15, 0.2) is 45.6 Å². The molecule has 0 spiro atoms. The zero-order chi connectivity index (χ0) is 21.3. The number of methoxy groups -OCH3 is 1. The van der Waals surface area contributed by atoms with E-state index >= 15 is 0 Å². The number of aryl methyl sites for hydroxylation is 1. The highest BCUT2D eigenvalue weighted by Crippen LogP contribution is 2.32. The first-order chi connectivity index (χ1) is 14.5. The van der Waals surface area contributed by atoms with Gasteiger partial charge in [0.25, 0.3) is 0 Å². The van der Waals surface area contributed by atoms with Gasteiger partial charge < -0.3 is 24.3 Å². The van der Waals surface area contributed by atoms with Crippen molar-refractivity contribution in [1.29, 1.82) is 0 Å². The average Bonchev–Trinajstić information content (AvgIpc) is 2.73. The fourth-order valence-electron chi connectivity index (χ4n) is 4.17. The second-order valence-electron chi connectivity index (χ2n) is 7.58. The van der Waals surface area contributed by atoms with Crippen molar-refractivity contribution in [2.75, 3.05) is 44.7 Å². The zero-order valence-electron chi connectivity index (χ0n) is 17.2. The topological polar surface area (TPSA) is 86.4 Å². The van der Waals surface area contributed by atoms with E-state index in [-0.39, 0.29) is 17.1 Å². The Balaban J connectivity index is 1.45. The molecule has 2 aromatic carbocycles. The molecule has 7 nitrogen and oxygen atoms in total. The van der Waals surface area contributed by atoms with Crippen molar-refractivity contribution < 1.29 is 19.4 Å². The molecule has 0 amide bonds. The van der Waals surface area contributed by atoms with E-state index in [9.17, 15) is 15.0 Å². The predicted octanol–water partition coefficient (Wildman–Crippen LogP) is 2.89. The summed E-state index contributed by atoms with van der Waals surface area (Å²) >= 11 is 0. The van der Waals surface area contributed by atoms with Crippen LogP contribution < -0.4 is 15.3 Å². The van der Waals surface area contributed by atoms with Gasteiger partial charge in [0.15, 0.2) is 0 Å². The molecule has 0 aliphatic carbocycles. The number of benzene rings is 2. The number of hydrogen-bond acceptors (Lipinski definition) is 7. The third-order valence-electron chi connectivity index (χ3n) is 5.82. The molecule has 30 heavy (non-hydrogen) atoms. The van der Waals surface area contributed by atoms with Crippen LogP contribution in [-0.2, 0) is 6.42 Å². The highest BCUT2D eigenvalue weighted by molar-refractivity contribution is 5.88. The lowest BCUT2D eigenvalue weighted by atomic mass is 10.0. The number of fused-ring (bicyclic) bond motifs is 1. The van der Waals surface area contributed by atoms with Crippen LogP contribution in [0.5, 0.6) is 17.2 Å². The molecule has 2 heterocycles. The Hall–Kier alpha value is -3.19. The Morgan fingerprint density at radius 1 is 1.10 bits per heavy atom. The van der Waals surface area contributed by atoms with Gasteiger partial charge in [0, 0.05) is 50.4 Å². The first kappa shape index (κ1) is 20.1. The van der Waals surface area contributed by atoms with Crippen LogP contribution in [0.3, 0.4) is 0 Å². The summed E-state index contributed by atoms with van der Waals surface area (Å²) < 4.78 is 10.8. The first-order valence-electron chi connectivity index (χ1n) is 10.1. The number of para-hydroxylation sites is 2. The van der Waals surface area contributed by atoms with Gasteiger partial charge >= 0.3 is 5.63 Å². The van der Waals surface area contributed by atoms with Gasteiger partial charge in [-0.3, -0.25) is 4.90 Å². The van der Waals surface area contributed by atoms with E-state index in [1.54, 1.807) is 7.11 Å². The maximum atomic E-state index is 12.5. The molecule has 1 saturated heterocycles. The standard InChI is InChI=1S/C23H26N2O5/c1-15-17(23(28)30-21-14-16(26)13-19(27)22(15)21)7-8-24-9-11-25(12-10-24)18-5-3-4-6-20(18)29-2/h3-6,13-14,26-27H,7-12H2,1-2H3. The van der Waals surface area contributed by atoms with Crippen LogP contribution in [0.2, 0.25) is 0 Å². The van der Waals surface area contributed by atoms with Crippen molar-refractivity contribution >= 4 is 16.7 Å². The van der Waals surface area contributed by atoms with Crippen LogP contribution in [0.4, 0.5) is 5.69 Å². The van der Waals surface area contributed by atoms with E-state index < -0.39 is 5.63 Å². The predicted molar refractivity (Wildman–Crippen MR) is 116 cm³/mol. The summed E-state index contributed by atoms with van der Waals surface area (Å²) in [5.41, 5.74) is 2.15. The van der Waals surface area contributed by atoms with Crippen LogP contribution in [-0.4, -0.2) is 54.9 Å². The van der Waals surface area contributed by atoms with Gasteiger partial charge in [-0.15, -0.1) is 0 Å². The molecule has 158 valence electrons. The van der Waals surface area contributed by atoms with Gasteiger partial charge in [0.2, 0.25) is 0 Å². The summed E-state index contributed by atoms with van der Waals surface area (Å²) in [6.07, 6.45) is 0.541. The SMILES string of the molecule is COc1ccccc1N1CCN(CCc2c(C)c3c(O)cc(O)cc3oc2=O)CC1. The summed E-state index contributed by atoms with van der Waals surface area (Å²) in [6, 6.07) is 10.6. The first-order valence-corrected chi connectivity index (χ1v) is 10.1. The average molecular weight is 410 g/mol. The van der Waals surface area contributed by atoms with Crippen LogP contribution >= 0.6 is 0 Å². The Morgan fingerprint density at radius 2 is 1.83 bits per heavy atom. The maximum Gasteiger partial charge on any atom is 0.339 e. The highest BCUT2D eigenvalue weighted by atomic mass is 16.5. The smallest absolute Gasteiger partial charge is 0.339 e. The van der Waals surface area contributed by atoms with Crippen molar-refractivity contribution in [2.24, 2.45) is 0 Å². The number of ether oxygens (including phenoxy) is 1. The van der Waals surface area contributed by atoms with Crippen LogP contribution in [0.1, 0.15) is 11.1 Å². The quantitative estimate of drug-likeness (QED) is 0.626. The lowest BCUT2D eigenvalue weighted by molar-refractivity contribution is 0.259. The fourth-order valence-corrected chi connectivity index (χ4v) is 4.17. The summed E-state index contributed by atoms with van der Waals surface area (Å²) in [4.78, 5) is 17.1.